The van der Waals surface area contributed by atoms with Gasteiger partial charge in [-0.2, -0.15) is 0 Å². The lowest BCUT2D eigenvalue weighted by Crippen LogP contribution is -2.66. The fraction of sp³-hybridized carbons (Fsp3) is 0.811. The first-order valence-electron chi connectivity index (χ1n) is 17.2. The van der Waals surface area contributed by atoms with Gasteiger partial charge >= 0.3 is 23.9 Å². The highest BCUT2D eigenvalue weighted by atomic mass is 16.5. The molecule has 5 rings (SSSR count). The molecule has 46 heavy (non-hydrogen) atoms. The summed E-state index contributed by atoms with van der Waals surface area (Å²) in [5.41, 5.74) is -0.553. The number of hydrogen-bond donors (Lipinski definition) is 3. The molecule has 0 bridgehead atoms. The van der Waals surface area contributed by atoms with E-state index in [1.165, 1.54) is 5.57 Å². The zero-order valence-corrected chi connectivity index (χ0v) is 29.2. The average Bonchev–Trinajstić information content (AvgIpc) is 2.95. The molecule has 9 nitrogen and oxygen atoms in total. The van der Waals surface area contributed by atoms with E-state index in [1.54, 1.807) is 6.92 Å². The monoisotopic (exact) mass is 644 g/mol. The van der Waals surface area contributed by atoms with Gasteiger partial charge in [0, 0.05) is 17.8 Å². The van der Waals surface area contributed by atoms with E-state index in [2.05, 4.69) is 41.5 Å². The molecule has 4 fully saturated rings. The van der Waals surface area contributed by atoms with Crippen molar-refractivity contribution in [2.75, 3.05) is 0 Å². The van der Waals surface area contributed by atoms with Gasteiger partial charge in [0.25, 0.3) is 0 Å². The summed E-state index contributed by atoms with van der Waals surface area (Å²) < 4.78 is 5.91. The number of carboxylic acids is 3. The van der Waals surface area contributed by atoms with Crippen molar-refractivity contribution in [1.82, 2.24) is 0 Å². The van der Waals surface area contributed by atoms with Crippen LogP contribution in [-0.4, -0.2) is 51.1 Å². The molecule has 5 aliphatic carbocycles. The van der Waals surface area contributed by atoms with Gasteiger partial charge in [0.1, 0.15) is 6.10 Å². The maximum absolute atomic E-state index is 14.5. The highest BCUT2D eigenvalue weighted by Crippen LogP contribution is 2.75. The Kier molecular flexibility index (Phi) is 9.48. The molecule has 9 atom stereocenters. The summed E-state index contributed by atoms with van der Waals surface area (Å²) in [5.74, 6) is -2.62. The zero-order valence-electron chi connectivity index (χ0n) is 29.2. The lowest BCUT2D eigenvalue weighted by atomic mass is 9.33. The molecular weight excluding hydrogens is 588 g/mol. The number of aliphatic carboxylic acids is 3. The Bertz CT molecular complexity index is 1320. The Hall–Kier alpha value is -2.71. The van der Waals surface area contributed by atoms with E-state index in [0.29, 0.717) is 19.3 Å². The third-order valence-corrected chi connectivity index (χ3v) is 14.1. The Balaban J connectivity index is 0.000000892. The highest BCUT2D eigenvalue weighted by Gasteiger charge is 2.70. The SMILES string of the molecule is CC1(C)[C@@H](OC(=O)CCC(=O)O)CC[C@]2(C)[C@H]3C(=O)C=C4[C@@H]5C[C@@](C)(C(=O)O)CC[C@]5(C)CC[C@@]4(C)[C@]3(C)CC[C@@H]12.CCC(=O)O. The number of fused-ring (bicyclic) bond motifs is 7. The number of carbonyl (C=O) groups excluding carboxylic acids is 2. The van der Waals surface area contributed by atoms with Crippen LogP contribution in [0.15, 0.2) is 11.6 Å². The lowest BCUT2D eigenvalue weighted by molar-refractivity contribution is -0.211. The molecular formula is C37H56O9. The van der Waals surface area contributed by atoms with Crippen LogP contribution in [0.5, 0.6) is 0 Å². The van der Waals surface area contributed by atoms with Crippen LogP contribution in [-0.2, 0) is 28.7 Å². The summed E-state index contributed by atoms with van der Waals surface area (Å²) in [6, 6.07) is 0. The van der Waals surface area contributed by atoms with Crippen LogP contribution in [0.1, 0.15) is 132 Å². The fourth-order valence-electron chi connectivity index (χ4n) is 11.0. The number of allylic oxidation sites excluding steroid dienone is 2. The molecule has 0 spiro atoms. The molecule has 9 heteroatoms. The molecule has 0 amide bonds. The molecule has 0 heterocycles. The maximum atomic E-state index is 14.5. The van der Waals surface area contributed by atoms with E-state index in [-0.39, 0.29) is 76.0 Å². The third kappa shape index (κ3) is 5.72. The second-order valence-corrected chi connectivity index (χ2v) is 17.0. The van der Waals surface area contributed by atoms with Crippen molar-refractivity contribution in [2.45, 2.75) is 139 Å². The van der Waals surface area contributed by atoms with Gasteiger partial charge in [0.05, 0.1) is 18.3 Å². The Morgan fingerprint density at radius 3 is 2.00 bits per heavy atom. The summed E-state index contributed by atoms with van der Waals surface area (Å²) >= 11 is 0. The van der Waals surface area contributed by atoms with E-state index < -0.39 is 29.3 Å². The van der Waals surface area contributed by atoms with E-state index in [1.807, 2.05) is 13.0 Å². The summed E-state index contributed by atoms with van der Waals surface area (Å²) in [6.45, 7) is 17.1. The zero-order chi connectivity index (χ0) is 34.7. The first-order valence-corrected chi connectivity index (χ1v) is 17.2. The van der Waals surface area contributed by atoms with Gasteiger partial charge in [-0.1, -0.05) is 54.0 Å². The van der Waals surface area contributed by atoms with Crippen molar-refractivity contribution in [2.24, 2.45) is 50.2 Å². The topological polar surface area (TPSA) is 155 Å². The van der Waals surface area contributed by atoms with Gasteiger partial charge in [-0.05, 0) is 104 Å². The van der Waals surface area contributed by atoms with E-state index >= 15 is 0 Å². The van der Waals surface area contributed by atoms with Gasteiger partial charge in [0.2, 0.25) is 0 Å². The smallest absolute Gasteiger partial charge is 0.309 e. The first kappa shape index (κ1) is 36.1. The average molecular weight is 645 g/mol. The predicted molar refractivity (Wildman–Crippen MR) is 172 cm³/mol. The molecule has 0 aromatic rings. The maximum Gasteiger partial charge on any atom is 0.309 e. The number of ether oxygens (including phenoxy) is 1. The number of hydrogen-bond acceptors (Lipinski definition) is 6. The molecule has 4 saturated carbocycles. The first-order chi connectivity index (χ1) is 21.1. The van der Waals surface area contributed by atoms with Gasteiger partial charge in [0.15, 0.2) is 5.78 Å². The molecule has 0 aromatic heterocycles. The molecule has 5 aliphatic rings. The number of ketones is 1. The molecule has 0 radical (unpaired) electrons. The number of carbonyl (C=O) groups is 5. The second-order valence-electron chi connectivity index (χ2n) is 17.0. The van der Waals surface area contributed by atoms with Crippen LogP contribution < -0.4 is 0 Å². The van der Waals surface area contributed by atoms with Crippen LogP contribution in [0.25, 0.3) is 0 Å². The van der Waals surface area contributed by atoms with Crippen LogP contribution in [0, 0.1) is 50.2 Å². The molecule has 0 unspecified atom stereocenters. The summed E-state index contributed by atoms with van der Waals surface area (Å²) in [6.07, 6.45) is 9.02. The van der Waals surface area contributed by atoms with Crippen molar-refractivity contribution in [3.8, 4) is 0 Å². The van der Waals surface area contributed by atoms with Crippen molar-refractivity contribution < 1.29 is 44.0 Å². The minimum absolute atomic E-state index is 0.0233. The minimum atomic E-state index is -1.01. The lowest BCUT2D eigenvalue weighted by Gasteiger charge is -2.70. The number of esters is 1. The number of carboxylic acid groups (broad SMARTS) is 3. The quantitative estimate of drug-likeness (QED) is 0.252. The van der Waals surface area contributed by atoms with Crippen molar-refractivity contribution in [3.05, 3.63) is 11.6 Å². The van der Waals surface area contributed by atoms with Crippen molar-refractivity contribution in [3.63, 3.8) is 0 Å². The Morgan fingerprint density at radius 2 is 1.43 bits per heavy atom. The van der Waals surface area contributed by atoms with Crippen LogP contribution in [0.2, 0.25) is 0 Å². The Labute approximate surface area is 273 Å². The molecule has 0 aliphatic heterocycles. The summed E-state index contributed by atoms with van der Waals surface area (Å²) in [5, 5.41) is 26.8. The van der Waals surface area contributed by atoms with Gasteiger partial charge in [-0.25, -0.2) is 0 Å². The molecule has 0 saturated heterocycles. The van der Waals surface area contributed by atoms with Gasteiger partial charge in [-0.15, -0.1) is 0 Å². The predicted octanol–water partition coefficient (Wildman–Crippen LogP) is 7.31. The molecule has 0 aromatic carbocycles. The van der Waals surface area contributed by atoms with Crippen LogP contribution in [0.4, 0.5) is 0 Å². The van der Waals surface area contributed by atoms with E-state index in [0.717, 1.165) is 38.5 Å². The molecule has 3 N–H and O–H groups in total. The van der Waals surface area contributed by atoms with Crippen LogP contribution >= 0.6 is 0 Å². The summed E-state index contributed by atoms with van der Waals surface area (Å²) in [4.78, 5) is 59.6. The van der Waals surface area contributed by atoms with Crippen LogP contribution in [0.3, 0.4) is 0 Å². The van der Waals surface area contributed by atoms with Crippen molar-refractivity contribution in [1.29, 1.82) is 0 Å². The molecule has 258 valence electrons. The Morgan fingerprint density at radius 1 is 0.826 bits per heavy atom. The fourth-order valence-corrected chi connectivity index (χ4v) is 11.0. The van der Waals surface area contributed by atoms with Gasteiger partial charge < -0.3 is 20.1 Å². The summed E-state index contributed by atoms with van der Waals surface area (Å²) in [7, 11) is 0. The largest absolute Gasteiger partial charge is 0.481 e. The third-order valence-electron chi connectivity index (χ3n) is 14.1. The number of rotatable bonds is 6. The normalized spacial score (nSPS) is 42.3. The second kappa shape index (κ2) is 12.1. The van der Waals surface area contributed by atoms with E-state index in [9.17, 15) is 29.1 Å². The highest BCUT2D eigenvalue weighted by molar-refractivity contribution is 5.95. The minimum Gasteiger partial charge on any atom is -0.481 e. The van der Waals surface area contributed by atoms with Crippen molar-refractivity contribution >= 4 is 29.7 Å². The standard InChI is InChI=1S/C34H50O7.C3H6O2/c1-29(2)23-10-13-34(7)27(32(23,5)12-11-24(29)41-26(38)9-8-25(36)37)22(35)18-20-21-19-31(4,28(39)40)15-14-30(21,3)16-17-33(20,34)6;1-2-3(4)5/h18,21,23-24,27H,8-17,19H2,1-7H3,(H,36,37)(H,39,40);2H2,1H3,(H,4,5)/t21-,23-,24-,27+,30+,31-,32-,33+,34+;/m0./s1. The van der Waals surface area contributed by atoms with Gasteiger partial charge in [-0.3, -0.25) is 24.0 Å². The van der Waals surface area contributed by atoms with E-state index in [4.69, 9.17) is 14.9 Å².